The molecule has 37 heavy (non-hydrogen) atoms. The molecule has 1 aliphatic carbocycles. The molecule has 0 saturated heterocycles. The van der Waals surface area contributed by atoms with Gasteiger partial charge < -0.3 is 10.4 Å². The van der Waals surface area contributed by atoms with Gasteiger partial charge in [0.1, 0.15) is 17.4 Å². The predicted molar refractivity (Wildman–Crippen MR) is 136 cm³/mol. The van der Waals surface area contributed by atoms with Crippen molar-refractivity contribution >= 4 is 26.8 Å². The highest BCUT2D eigenvalue weighted by atomic mass is 32.2. The molecule has 1 fully saturated rings. The van der Waals surface area contributed by atoms with E-state index in [9.17, 15) is 18.3 Å². The largest absolute Gasteiger partial charge is 0.493 e. The lowest BCUT2D eigenvalue weighted by Crippen LogP contribution is -2.28. The second-order valence-corrected chi connectivity index (χ2v) is 11.5. The van der Waals surface area contributed by atoms with Crippen molar-refractivity contribution in [1.82, 2.24) is 34.5 Å². The number of hydrogen-bond donors (Lipinski definition) is 2. The highest BCUT2D eigenvalue weighted by molar-refractivity contribution is 7.90. The monoisotopic (exact) mass is 522 g/mol. The van der Waals surface area contributed by atoms with E-state index in [0.29, 0.717) is 34.5 Å². The van der Waals surface area contributed by atoms with Crippen molar-refractivity contribution in [3.63, 3.8) is 0 Å². The second kappa shape index (κ2) is 9.47. The number of nitrogens with one attached hydrogen (secondary N) is 1. The number of fused-ring (bicyclic) bond motifs is 1. The third-order valence-electron chi connectivity index (χ3n) is 5.92. The summed E-state index contributed by atoms with van der Waals surface area (Å²) in [7, 11) is -3.40. The summed E-state index contributed by atoms with van der Waals surface area (Å²) in [5.74, 6) is 0.519. The molecule has 0 spiro atoms. The molecule has 0 amide bonds. The van der Waals surface area contributed by atoms with Gasteiger partial charge in [0.25, 0.3) is 5.56 Å². The van der Waals surface area contributed by atoms with Crippen molar-refractivity contribution in [1.29, 1.82) is 0 Å². The zero-order valence-corrected chi connectivity index (χ0v) is 21.4. The van der Waals surface area contributed by atoms with Crippen LogP contribution in [0.2, 0.25) is 0 Å². The molecule has 0 bridgehead atoms. The first-order chi connectivity index (χ1) is 17.6. The molecule has 0 atom stereocenters. The Labute approximate surface area is 212 Å². The Hall–Kier alpha value is -4.00. The Morgan fingerprint density at radius 3 is 2.54 bits per heavy atom. The fourth-order valence-electron chi connectivity index (χ4n) is 4.00. The maximum Gasteiger partial charge on any atom is 0.294 e. The second-order valence-electron chi connectivity index (χ2n) is 9.53. The average Bonchev–Trinajstić information content (AvgIpc) is 3.69. The quantitative estimate of drug-likeness (QED) is 0.348. The van der Waals surface area contributed by atoms with Crippen LogP contribution in [-0.2, 0) is 22.9 Å². The molecule has 4 aromatic rings. The number of pyridine rings is 1. The first-order valence-corrected chi connectivity index (χ1v) is 13.7. The Balaban J connectivity index is 1.53. The maximum atomic E-state index is 13.4. The number of aromatic nitrogens is 7. The molecule has 4 heterocycles. The Kier molecular flexibility index (Phi) is 6.31. The van der Waals surface area contributed by atoms with Gasteiger partial charge in [0, 0.05) is 31.5 Å². The van der Waals surface area contributed by atoms with Crippen molar-refractivity contribution in [3.8, 4) is 17.3 Å². The van der Waals surface area contributed by atoms with Crippen molar-refractivity contribution in [2.45, 2.75) is 50.7 Å². The molecule has 1 saturated carbocycles. The average molecular weight is 523 g/mol. The molecule has 0 unspecified atom stereocenters. The van der Waals surface area contributed by atoms with E-state index in [2.05, 4.69) is 35.2 Å². The fraction of sp³-hybridized carbons (Fsp3) is 0.375. The van der Waals surface area contributed by atoms with E-state index >= 15 is 0 Å². The highest BCUT2D eigenvalue weighted by Crippen LogP contribution is 2.44. The normalized spacial score (nSPS) is 13.8. The summed E-state index contributed by atoms with van der Waals surface area (Å²) in [5.41, 5.74) is 2.15. The summed E-state index contributed by atoms with van der Waals surface area (Å²) in [5, 5.41) is 13.5. The zero-order valence-electron chi connectivity index (χ0n) is 20.6. The molecule has 1 aliphatic rings. The lowest BCUT2D eigenvalue weighted by Gasteiger charge is -2.15. The molecule has 0 radical (unpaired) electrons. The number of anilines is 1. The summed E-state index contributed by atoms with van der Waals surface area (Å²) < 4.78 is 24.8. The lowest BCUT2D eigenvalue weighted by molar-refractivity contribution is 0.452. The highest BCUT2D eigenvalue weighted by Gasteiger charge is 2.31. The van der Waals surface area contributed by atoms with E-state index in [1.54, 1.807) is 10.6 Å². The van der Waals surface area contributed by atoms with Crippen molar-refractivity contribution in [2.24, 2.45) is 5.92 Å². The molecule has 192 valence electrons. The molecule has 4 aromatic heterocycles. The van der Waals surface area contributed by atoms with E-state index in [1.165, 1.54) is 24.8 Å². The Bertz CT molecular complexity index is 1650. The van der Waals surface area contributed by atoms with Crippen LogP contribution in [-0.4, -0.2) is 54.3 Å². The molecule has 0 aromatic carbocycles. The molecule has 13 heteroatoms. The summed E-state index contributed by atoms with van der Waals surface area (Å²) in [6, 6.07) is 3.05. The van der Waals surface area contributed by atoms with Crippen LogP contribution in [0.25, 0.3) is 22.6 Å². The molecular weight excluding hydrogens is 496 g/mol. The van der Waals surface area contributed by atoms with Crippen LogP contribution < -0.4 is 10.9 Å². The van der Waals surface area contributed by atoms with Gasteiger partial charge in [0.15, 0.2) is 32.2 Å². The van der Waals surface area contributed by atoms with Crippen molar-refractivity contribution < 1.29 is 13.5 Å². The van der Waals surface area contributed by atoms with Gasteiger partial charge in [-0.3, -0.25) is 9.36 Å². The van der Waals surface area contributed by atoms with E-state index in [4.69, 9.17) is 0 Å². The number of hydrogen-bond acceptors (Lipinski definition) is 11. The van der Waals surface area contributed by atoms with Crippen LogP contribution in [0.15, 0.2) is 40.7 Å². The Morgan fingerprint density at radius 1 is 1.11 bits per heavy atom. The first kappa shape index (κ1) is 24.7. The van der Waals surface area contributed by atoms with Gasteiger partial charge in [-0.25, -0.2) is 38.3 Å². The van der Waals surface area contributed by atoms with Crippen LogP contribution in [0.3, 0.4) is 0 Å². The zero-order chi connectivity index (χ0) is 26.3. The predicted octanol–water partition coefficient (Wildman–Crippen LogP) is 2.29. The minimum absolute atomic E-state index is 0.0213. The maximum absolute atomic E-state index is 13.4. The smallest absolute Gasteiger partial charge is 0.294 e. The van der Waals surface area contributed by atoms with Gasteiger partial charge in [-0.2, -0.15) is 0 Å². The van der Waals surface area contributed by atoms with Crippen molar-refractivity contribution in [3.05, 3.63) is 52.5 Å². The third-order valence-corrected chi connectivity index (χ3v) is 6.92. The van der Waals surface area contributed by atoms with Gasteiger partial charge in [-0.1, -0.05) is 19.9 Å². The van der Waals surface area contributed by atoms with Crippen LogP contribution in [0, 0.1) is 5.92 Å². The van der Waals surface area contributed by atoms with E-state index < -0.39 is 9.84 Å². The summed E-state index contributed by atoms with van der Waals surface area (Å²) in [6.07, 6.45) is 7.32. The molecule has 0 aliphatic heterocycles. The van der Waals surface area contributed by atoms with E-state index in [1.807, 2.05) is 13.8 Å². The van der Waals surface area contributed by atoms with Crippen LogP contribution in [0.5, 0.6) is 5.88 Å². The number of rotatable bonds is 8. The standard InChI is InChI=1S/C24H26N8O4S/c1-13(2)11-32-22-16(10-27-20(31-22)18-19(15-5-6-15)28-12-29-23(18)33)30-21(24(32)34)26-9-14-4-7-17(25-8-14)37(3,35)36/h4,7-8,10,12-13,15H,5-6,9,11H2,1-3H3,(H,26,30)(H,28,29,33). The summed E-state index contributed by atoms with van der Waals surface area (Å²) in [6.45, 7) is 4.59. The van der Waals surface area contributed by atoms with E-state index in [0.717, 1.165) is 19.1 Å². The number of sulfone groups is 1. The number of nitrogens with zero attached hydrogens (tertiary/aromatic N) is 7. The Morgan fingerprint density at radius 2 is 1.89 bits per heavy atom. The van der Waals surface area contributed by atoms with Crippen LogP contribution >= 0.6 is 0 Å². The lowest BCUT2D eigenvalue weighted by atomic mass is 10.1. The fourth-order valence-corrected chi connectivity index (χ4v) is 4.56. The van der Waals surface area contributed by atoms with Gasteiger partial charge in [-0.05, 0) is 30.4 Å². The van der Waals surface area contributed by atoms with Crippen LogP contribution in [0.1, 0.15) is 43.9 Å². The van der Waals surface area contributed by atoms with Gasteiger partial charge in [0.2, 0.25) is 5.88 Å². The summed E-state index contributed by atoms with van der Waals surface area (Å²) in [4.78, 5) is 39.2. The van der Waals surface area contributed by atoms with Crippen molar-refractivity contribution in [2.75, 3.05) is 11.6 Å². The van der Waals surface area contributed by atoms with Crippen LogP contribution in [0.4, 0.5) is 5.82 Å². The van der Waals surface area contributed by atoms with Gasteiger partial charge in [0.05, 0.1) is 11.9 Å². The first-order valence-electron chi connectivity index (χ1n) is 11.8. The number of aromatic hydroxyl groups is 1. The summed E-state index contributed by atoms with van der Waals surface area (Å²) >= 11 is 0. The van der Waals surface area contributed by atoms with Gasteiger partial charge >= 0.3 is 0 Å². The van der Waals surface area contributed by atoms with E-state index in [-0.39, 0.29) is 46.5 Å². The molecule has 12 nitrogen and oxygen atoms in total. The minimum atomic E-state index is -3.40. The topological polar surface area (TPSA) is 166 Å². The van der Waals surface area contributed by atoms with Gasteiger partial charge in [-0.15, -0.1) is 0 Å². The molecule has 5 rings (SSSR count). The minimum Gasteiger partial charge on any atom is -0.493 e. The molecular formula is C24H26N8O4S. The third kappa shape index (κ3) is 5.12. The SMILES string of the molecule is CC(C)Cn1c(=O)c(NCc2ccc(S(C)(=O)=O)nc2)nc2cnc(-c3c(O)ncnc3C3CC3)nc21. The molecule has 2 N–H and O–H groups in total.